The van der Waals surface area contributed by atoms with Crippen LogP contribution in [0, 0.1) is 5.82 Å². The van der Waals surface area contributed by atoms with Gasteiger partial charge in [0.05, 0.1) is 5.69 Å². The van der Waals surface area contributed by atoms with Crippen molar-refractivity contribution < 1.29 is 26.0 Å². The number of halogens is 5. The second-order valence-corrected chi connectivity index (χ2v) is 6.80. The molecule has 0 fully saturated rings. The summed E-state index contributed by atoms with van der Waals surface area (Å²) < 4.78 is 77.3. The quantitative estimate of drug-likeness (QED) is 0.758. The van der Waals surface area contributed by atoms with Gasteiger partial charge < -0.3 is 0 Å². The molecule has 0 saturated carbocycles. The summed E-state index contributed by atoms with van der Waals surface area (Å²) in [5, 5.41) is -0.0662. The summed E-state index contributed by atoms with van der Waals surface area (Å²) in [6.07, 6.45) is -4.80. The highest BCUT2D eigenvalue weighted by Crippen LogP contribution is 2.30. The lowest BCUT2D eigenvalue weighted by Crippen LogP contribution is -2.39. The van der Waals surface area contributed by atoms with Crippen molar-refractivity contribution in [1.29, 1.82) is 0 Å². The molecule has 124 valence electrons. The minimum absolute atomic E-state index is 0.0662. The molecule has 2 aromatic rings. The van der Waals surface area contributed by atoms with E-state index < -0.39 is 33.5 Å². The standard InChI is InChI=1S/C14H10ClF4NO2S/c15-10-6-7-13(12(16)8-10)23(21,22)20(9-14(17,18)19)11-4-2-1-3-5-11/h1-8H,9H2. The Bertz CT molecular complexity index is 794. The summed E-state index contributed by atoms with van der Waals surface area (Å²) in [6, 6.07) is 9.32. The largest absolute Gasteiger partial charge is 0.407 e. The molecule has 0 aliphatic heterocycles. The number of rotatable bonds is 4. The lowest BCUT2D eigenvalue weighted by molar-refractivity contribution is -0.117. The number of hydrogen-bond acceptors (Lipinski definition) is 2. The van der Waals surface area contributed by atoms with Gasteiger partial charge in [0.2, 0.25) is 0 Å². The molecule has 0 N–H and O–H groups in total. The normalized spacial score (nSPS) is 12.2. The van der Waals surface area contributed by atoms with Crippen molar-refractivity contribution in [3.63, 3.8) is 0 Å². The molecule has 3 nitrogen and oxygen atoms in total. The molecule has 23 heavy (non-hydrogen) atoms. The molecule has 0 aromatic heterocycles. The Hall–Kier alpha value is -1.80. The SMILES string of the molecule is O=S(=O)(c1ccc(Cl)cc1F)N(CC(F)(F)F)c1ccccc1. The van der Waals surface area contributed by atoms with E-state index in [9.17, 15) is 26.0 Å². The lowest BCUT2D eigenvalue weighted by atomic mass is 10.3. The van der Waals surface area contributed by atoms with Gasteiger partial charge in [-0.05, 0) is 30.3 Å². The molecule has 0 aliphatic carbocycles. The number of nitrogens with zero attached hydrogens (tertiary/aromatic N) is 1. The summed E-state index contributed by atoms with van der Waals surface area (Å²) >= 11 is 5.54. The van der Waals surface area contributed by atoms with E-state index in [1.807, 2.05) is 0 Å². The van der Waals surface area contributed by atoms with Gasteiger partial charge in [0, 0.05) is 5.02 Å². The fourth-order valence-corrected chi connectivity index (χ4v) is 3.53. The third-order valence-corrected chi connectivity index (χ3v) is 4.87. The van der Waals surface area contributed by atoms with Gasteiger partial charge in [-0.2, -0.15) is 13.2 Å². The number of para-hydroxylation sites is 1. The van der Waals surface area contributed by atoms with E-state index in [0.717, 1.165) is 18.2 Å². The minimum atomic E-state index is -4.80. The monoisotopic (exact) mass is 367 g/mol. The zero-order valence-corrected chi connectivity index (χ0v) is 13.0. The lowest BCUT2D eigenvalue weighted by Gasteiger charge is -2.25. The highest BCUT2D eigenvalue weighted by molar-refractivity contribution is 7.92. The first-order valence-electron chi connectivity index (χ1n) is 6.21. The van der Waals surface area contributed by atoms with Gasteiger partial charge in [-0.1, -0.05) is 29.8 Å². The van der Waals surface area contributed by atoms with Gasteiger partial charge in [0.15, 0.2) is 0 Å². The highest BCUT2D eigenvalue weighted by atomic mass is 35.5. The summed E-state index contributed by atoms with van der Waals surface area (Å²) in [7, 11) is -4.76. The van der Waals surface area contributed by atoms with Crippen molar-refractivity contribution in [2.45, 2.75) is 11.1 Å². The maximum Gasteiger partial charge on any atom is 0.407 e. The van der Waals surface area contributed by atoms with E-state index >= 15 is 0 Å². The number of sulfonamides is 1. The molecule has 0 bridgehead atoms. The molecule has 9 heteroatoms. The van der Waals surface area contributed by atoms with Crippen molar-refractivity contribution in [2.75, 3.05) is 10.8 Å². The average Bonchev–Trinajstić information content (AvgIpc) is 2.44. The maximum atomic E-state index is 13.9. The van der Waals surface area contributed by atoms with Gasteiger partial charge in [-0.15, -0.1) is 0 Å². The summed E-state index contributed by atoms with van der Waals surface area (Å²) in [5.74, 6) is -1.22. The van der Waals surface area contributed by atoms with E-state index in [-0.39, 0.29) is 15.0 Å². The molecule has 2 rings (SSSR count). The van der Waals surface area contributed by atoms with Crippen LogP contribution in [0.1, 0.15) is 0 Å². The third kappa shape index (κ3) is 4.14. The Morgan fingerprint density at radius 3 is 2.17 bits per heavy atom. The second kappa shape index (κ2) is 6.37. The van der Waals surface area contributed by atoms with Crippen molar-refractivity contribution in [3.8, 4) is 0 Å². The molecule has 0 atom stereocenters. The predicted molar refractivity (Wildman–Crippen MR) is 78.4 cm³/mol. The fraction of sp³-hybridized carbons (Fsp3) is 0.143. The number of hydrogen-bond donors (Lipinski definition) is 0. The van der Waals surface area contributed by atoms with Gasteiger partial charge >= 0.3 is 6.18 Å². The Kier molecular flexibility index (Phi) is 4.86. The highest BCUT2D eigenvalue weighted by Gasteiger charge is 2.38. The van der Waals surface area contributed by atoms with Crippen LogP contribution < -0.4 is 4.31 Å². The molecule has 0 spiro atoms. The first kappa shape index (κ1) is 17.6. The zero-order valence-electron chi connectivity index (χ0n) is 11.4. The topological polar surface area (TPSA) is 37.4 Å². The number of anilines is 1. The van der Waals surface area contributed by atoms with E-state index in [1.54, 1.807) is 0 Å². The molecule has 0 radical (unpaired) electrons. The van der Waals surface area contributed by atoms with E-state index in [4.69, 9.17) is 11.6 Å². The van der Waals surface area contributed by atoms with Gasteiger partial charge in [0.1, 0.15) is 17.3 Å². The van der Waals surface area contributed by atoms with Crippen LogP contribution in [0.4, 0.5) is 23.2 Å². The smallest absolute Gasteiger partial charge is 0.257 e. The van der Waals surface area contributed by atoms with Crippen LogP contribution in [-0.4, -0.2) is 21.1 Å². The minimum Gasteiger partial charge on any atom is -0.257 e. The van der Waals surface area contributed by atoms with Crippen LogP contribution in [0.5, 0.6) is 0 Å². The fourth-order valence-electron chi connectivity index (χ4n) is 1.88. The van der Waals surface area contributed by atoms with Crippen molar-refractivity contribution in [2.24, 2.45) is 0 Å². The summed E-state index contributed by atoms with van der Waals surface area (Å²) in [6.45, 7) is -1.78. The molecular weight excluding hydrogens is 358 g/mol. The van der Waals surface area contributed by atoms with Crippen LogP contribution in [0.25, 0.3) is 0 Å². The molecule has 0 unspecified atom stereocenters. The third-order valence-electron chi connectivity index (χ3n) is 2.83. The zero-order chi connectivity index (χ0) is 17.3. The number of alkyl halides is 3. The first-order valence-corrected chi connectivity index (χ1v) is 8.03. The van der Waals surface area contributed by atoms with Crippen LogP contribution >= 0.6 is 11.6 Å². The molecular formula is C14H10ClF4NO2S. The molecule has 0 saturated heterocycles. The van der Waals surface area contributed by atoms with E-state index in [1.165, 1.54) is 30.3 Å². The van der Waals surface area contributed by atoms with Crippen molar-refractivity contribution >= 4 is 27.3 Å². The summed E-state index contributed by atoms with van der Waals surface area (Å²) in [5.41, 5.74) is -0.223. The number of benzene rings is 2. The Morgan fingerprint density at radius 1 is 1.04 bits per heavy atom. The first-order chi connectivity index (χ1) is 10.6. The molecule has 0 amide bonds. The van der Waals surface area contributed by atoms with E-state index in [2.05, 4.69) is 0 Å². The Morgan fingerprint density at radius 2 is 1.65 bits per heavy atom. The van der Waals surface area contributed by atoms with Crippen LogP contribution in [0.15, 0.2) is 53.4 Å². The van der Waals surface area contributed by atoms with Crippen molar-refractivity contribution in [1.82, 2.24) is 0 Å². The van der Waals surface area contributed by atoms with Gasteiger partial charge in [-0.3, -0.25) is 4.31 Å². The van der Waals surface area contributed by atoms with Gasteiger partial charge in [-0.25, -0.2) is 12.8 Å². The second-order valence-electron chi connectivity index (χ2n) is 4.54. The predicted octanol–water partition coefficient (Wildman–Crippen LogP) is 4.24. The molecule has 2 aromatic carbocycles. The van der Waals surface area contributed by atoms with Crippen molar-refractivity contribution in [3.05, 3.63) is 59.4 Å². The summed E-state index contributed by atoms with van der Waals surface area (Å²) in [4.78, 5) is -0.880. The van der Waals surface area contributed by atoms with Crippen LogP contribution in [0.3, 0.4) is 0 Å². The van der Waals surface area contributed by atoms with Crippen LogP contribution in [-0.2, 0) is 10.0 Å². The van der Waals surface area contributed by atoms with Crippen LogP contribution in [0.2, 0.25) is 5.02 Å². The molecule has 0 aliphatic rings. The molecule has 0 heterocycles. The maximum absolute atomic E-state index is 13.9. The Labute approximate surface area is 135 Å². The Balaban J connectivity index is 2.57. The average molecular weight is 368 g/mol. The van der Waals surface area contributed by atoms with E-state index in [0.29, 0.717) is 0 Å². The van der Waals surface area contributed by atoms with Gasteiger partial charge in [0.25, 0.3) is 10.0 Å².